The highest BCUT2D eigenvalue weighted by Gasteiger charge is 2.27. The zero-order valence-electron chi connectivity index (χ0n) is 8.61. The summed E-state index contributed by atoms with van der Waals surface area (Å²) in [6.45, 7) is 0.379. The van der Waals surface area contributed by atoms with Crippen LogP contribution in [0.25, 0.3) is 0 Å². The van der Waals surface area contributed by atoms with Crippen LogP contribution >= 0.6 is 0 Å². The molecule has 0 spiro atoms. The lowest BCUT2D eigenvalue weighted by Gasteiger charge is -2.03. The van der Waals surface area contributed by atoms with E-state index >= 15 is 0 Å². The summed E-state index contributed by atoms with van der Waals surface area (Å²) in [5.74, 6) is -0.543. The Bertz CT molecular complexity index is 536. The summed E-state index contributed by atoms with van der Waals surface area (Å²) < 4.78 is 33.1. The first-order valence-electron chi connectivity index (χ1n) is 4.69. The molecule has 0 radical (unpaired) electrons. The number of hydrogen-bond donors (Lipinski definition) is 0. The Kier molecular flexibility index (Phi) is 3.09. The molecular weight excluding hydrogens is 250 g/mol. The van der Waals surface area contributed by atoms with Gasteiger partial charge in [-0.05, 0) is 6.07 Å². The number of non-ortho nitro benzene ring substituents is 1. The molecule has 1 fully saturated rings. The number of nitro groups is 1. The highest BCUT2D eigenvalue weighted by atomic mass is 32.2. The molecular formula is C9H9NO6S. The first kappa shape index (κ1) is 12.0. The average molecular weight is 259 g/mol. The number of hydrogen-bond acceptors (Lipinski definition) is 6. The Balaban J connectivity index is 2.19. The van der Waals surface area contributed by atoms with E-state index in [1.54, 1.807) is 0 Å². The van der Waals surface area contributed by atoms with Crippen LogP contribution in [0.1, 0.15) is 0 Å². The predicted octanol–water partition coefficient (Wildman–Crippen LogP) is 0.699. The molecule has 8 heteroatoms. The van der Waals surface area contributed by atoms with Crippen LogP contribution in [0.3, 0.4) is 0 Å². The van der Waals surface area contributed by atoms with E-state index in [9.17, 15) is 18.5 Å². The Morgan fingerprint density at radius 2 is 2.24 bits per heavy atom. The van der Waals surface area contributed by atoms with Crippen molar-refractivity contribution in [3.8, 4) is 0 Å². The van der Waals surface area contributed by atoms with E-state index in [2.05, 4.69) is 0 Å². The van der Waals surface area contributed by atoms with E-state index in [0.717, 1.165) is 6.07 Å². The van der Waals surface area contributed by atoms with Gasteiger partial charge in [-0.1, -0.05) is 6.07 Å². The minimum Gasteiger partial charge on any atom is -0.345 e. The summed E-state index contributed by atoms with van der Waals surface area (Å²) in [4.78, 5) is 9.73. The molecule has 1 aromatic carbocycles. The largest absolute Gasteiger partial charge is 0.345 e. The summed E-state index contributed by atoms with van der Waals surface area (Å²) >= 11 is 0. The minimum atomic E-state index is -3.68. The molecule has 0 aromatic heterocycles. The first-order chi connectivity index (χ1) is 7.99. The van der Waals surface area contributed by atoms with Crippen molar-refractivity contribution in [3.05, 3.63) is 34.4 Å². The smallest absolute Gasteiger partial charge is 0.270 e. The summed E-state index contributed by atoms with van der Waals surface area (Å²) in [6.07, 6.45) is -0.469. The maximum absolute atomic E-state index is 11.7. The highest BCUT2D eigenvalue weighted by molar-refractivity contribution is 7.91. The van der Waals surface area contributed by atoms with Gasteiger partial charge in [0.1, 0.15) is 6.61 Å². The fraction of sp³-hybridized carbons (Fsp3) is 0.333. The molecule has 92 valence electrons. The SMILES string of the molecule is O=[N+]([O-])c1cccc(S(=O)(=O)CO[C@@H]2CO2)c1. The zero-order chi connectivity index (χ0) is 12.5. The molecule has 0 amide bonds. The van der Waals surface area contributed by atoms with Gasteiger partial charge >= 0.3 is 0 Å². The van der Waals surface area contributed by atoms with Crippen LogP contribution in [0.5, 0.6) is 0 Å². The van der Waals surface area contributed by atoms with Crippen LogP contribution in [-0.2, 0) is 19.3 Å². The molecule has 1 aromatic rings. The summed E-state index contributed by atoms with van der Waals surface area (Å²) in [5, 5.41) is 10.5. The van der Waals surface area contributed by atoms with Crippen LogP contribution in [0, 0.1) is 10.1 Å². The van der Waals surface area contributed by atoms with E-state index in [0.29, 0.717) is 6.61 Å². The van der Waals surface area contributed by atoms with E-state index in [-0.39, 0.29) is 10.6 Å². The van der Waals surface area contributed by atoms with Gasteiger partial charge in [-0.15, -0.1) is 0 Å². The number of epoxide rings is 1. The third-order valence-electron chi connectivity index (χ3n) is 2.10. The number of sulfone groups is 1. The number of benzene rings is 1. The van der Waals surface area contributed by atoms with Crippen LogP contribution in [-0.4, -0.2) is 32.2 Å². The third kappa shape index (κ3) is 2.99. The van der Waals surface area contributed by atoms with Crippen molar-refractivity contribution >= 4 is 15.5 Å². The lowest BCUT2D eigenvalue weighted by atomic mass is 10.3. The molecule has 1 saturated heterocycles. The molecule has 1 aliphatic heterocycles. The molecule has 0 aliphatic carbocycles. The second-order valence-electron chi connectivity index (χ2n) is 3.42. The predicted molar refractivity (Wildman–Crippen MR) is 56.0 cm³/mol. The molecule has 17 heavy (non-hydrogen) atoms. The topological polar surface area (TPSA) is 99.0 Å². The molecule has 0 N–H and O–H groups in total. The summed E-state index contributed by atoms with van der Waals surface area (Å²) in [5.41, 5.74) is -0.270. The van der Waals surface area contributed by atoms with Crippen LogP contribution in [0.4, 0.5) is 5.69 Å². The van der Waals surface area contributed by atoms with Gasteiger partial charge < -0.3 is 9.47 Å². The quantitative estimate of drug-likeness (QED) is 0.438. The Morgan fingerprint density at radius 3 is 2.82 bits per heavy atom. The molecule has 0 saturated carbocycles. The van der Waals surface area contributed by atoms with Gasteiger partial charge in [0.05, 0.1) is 9.82 Å². The van der Waals surface area contributed by atoms with Gasteiger partial charge in [0.2, 0.25) is 9.84 Å². The number of nitro benzene ring substituents is 1. The maximum Gasteiger partial charge on any atom is 0.270 e. The fourth-order valence-electron chi connectivity index (χ4n) is 1.16. The van der Waals surface area contributed by atoms with Crippen LogP contribution < -0.4 is 0 Å². The number of ether oxygens (including phenoxy) is 2. The normalized spacial score (nSPS) is 18.9. The Hall–Kier alpha value is -1.51. The lowest BCUT2D eigenvalue weighted by Crippen LogP contribution is -2.11. The Labute approximate surface area is 97.0 Å². The Morgan fingerprint density at radius 1 is 1.53 bits per heavy atom. The molecule has 1 atom stereocenters. The average Bonchev–Trinajstić information content (AvgIpc) is 3.10. The second kappa shape index (κ2) is 4.40. The van der Waals surface area contributed by atoms with Crippen molar-refractivity contribution in [2.75, 3.05) is 12.5 Å². The molecule has 0 unspecified atom stereocenters. The van der Waals surface area contributed by atoms with Gasteiger partial charge in [-0.3, -0.25) is 10.1 Å². The lowest BCUT2D eigenvalue weighted by molar-refractivity contribution is -0.385. The molecule has 0 bridgehead atoms. The monoisotopic (exact) mass is 259 g/mol. The molecule has 7 nitrogen and oxygen atoms in total. The van der Waals surface area contributed by atoms with Crippen LogP contribution in [0.15, 0.2) is 29.2 Å². The standard InChI is InChI=1S/C9H9NO6S/c11-10(12)7-2-1-3-8(4-7)17(13,14)6-16-9-5-15-9/h1-4,9H,5-6H2/t9-/m1/s1. The highest BCUT2D eigenvalue weighted by Crippen LogP contribution is 2.20. The van der Waals surface area contributed by atoms with Gasteiger partial charge in [-0.2, -0.15) is 0 Å². The fourth-order valence-corrected chi connectivity index (χ4v) is 2.21. The van der Waals surface area contributed by atoms with Crippen molar-refractivity contribution in [1.82, 2.24) is 0 Å². The van der Waals surface area contributed by atoms with E-state index < -0.39 is 27.0 Å². The van der Waals surface area contributed by atoms with Crippen molar-refractivity contribution in [3.63, 3.8) is 0 Å². The van der Waals surface area contributed by atoms with Gasteiger partial charge in [0, 0.05) is 12.1 Å². The molecule has 1 heterocycles. The maximum atomic E-state index is 11.7. The minimum absolute atomic E-state index is 0.132. The van der Waals surface area contributed by atoms with Crippen molar-refractivity contribution in [2.45, 2.75) is 11.2 Å². The number of nitrogens with zero attached hydrogens (tertiary/aromatic N) is 1. The van der Waals surface area contributed by atoms with E-state index in [4.69, 9.17) is 9.47 Å². The summed E-state index contributed by atoms with van der Waals surface area (Å²) in [7, 11) is -3.68. The van der Waals surface area contributed by atoms with Gasteiger partial charge in [0.25, 0.3) is 5.69 Å². The van der Waals surface area contributed by atoms with Gasteiger partial charge in [-0.25, -0.2) is 8.42 Å². The van der Waals surface area contributed by atoms with Crippen molar-refractivity contribution < 1.29 is 22.8 Å². The number of rotatable bonds is 5. The second-order valence-corrected chi connectivity index (χ2v) is 5.35. The molecule has 1 aliphatic rings. The zero-order valence-corrected chi connectivity index (χ0v) is 9.42. The summed E-state index contributed by atoms with van der Waals surface area (Å²) in [6, 6.07) is 4.84. The third-order valence-corrected chi connectivity index (χ3v) is 3.52. The van der Waals surface area contributed by atoms with Crippen molar-refractivity contribution in [1.29, 1.82) is 0 Å². The van der Waals surface area contributed by atoms with E-state index in [1.165, 1.54) is 18.2 Å². The van der Waals surface area contributed by atoms with Crippen LogP contribution in [0.2, 0.25) is 0 Å². The first-order valence-corrected chi connectivity index (χ1v) is 6.35. The van der Waals surface area contributed by atoms with E-state index in [1.807, 2.05) is 0 Å². The van der Waals surface area contributed by atoms with Gasteiger partial charge in [0.15, 0.2) is 12.2 Å². The van der Waals surface area contributed by atoms with Crippen molar-refractivity contribution in [2.24, 2.45) is 0 Å². The molecule has 2 rings (SSSR count).